The van der Waals surface area contributed by atoms with Gasteiger partial charge in [0.2, 0.25) is 0 Å². The maximum atomic E-state index is 11.4. The smallest absolute Gasteiger partial charge is 0.360 e. The van der Waals surface area contributed by atoms with Crippen LogP contribution in [0.15, 0.2) is 24.4 Å². The summed E-state index contributed by atoms with van der Waals surface area (Å²) in [5, 5.41) is 13.5. The average molecular weight is 277 g/mol. The predicted octanol–water partition coefficient (Wildman–Crippen LogP) is 1.77. The number of halogens is 1. The van der Waals surface area contributed by atoms with Crippen LogP contribution in [-0.4, -0.2) is 22.9 Å². The molecular formula is C12H9ClN4O2. The number of nitriles is 1. The molecule has 2 rings (SSSR count). The van der Waals surface area contributed by atoms with Crippen molar-refractivity contribution in [2.75, 3.05) is 12.8 Å². The zero-order valence-electron chi connectivity index (χ0n) is 9.92. The Hall–Kier alpha value is -2.52. The third-order valence-corrected chi connectivity index (χ3v) is 2.68. The topological polar surface area (TPSA) is 93.9 Å². The monoisotopic (exact) mass is 276 g/mol. The van der Waals surface area contributed by atoms with E-state index in [0.29, 0.717) is 16.3 Å². The quantitative estimate of drug-likeness (QED) is 0.844. The molecule has 1 aromatic carbocycles. The molecule has 0 fully saturated rings. The van der Waals surface area contributed by atoms with E-state index >= 15 is 0 Å². The summed E-state index contributed by atoms with van der Waals surface area (Å²) in [6.45, 7) is 0. The summed E-state index contributed by atoms with van der Waals surface area (Å²) in [4.78, 5) is 11.4. The van der Waals surface area contributed by atoms with E-state index in [9.17, 15) is 4.79 Å². The lowest BCUT2D eigenvalue weighted by Crippen LogP contribution is -2.06. The molecule has 0 radical (unpaired) electrons. The largest absolute Gasteiger partial charge is 0.464 e. The number of esters is 1. The molecule has 7 heteroatoms. The van der Waals surface area contributed by atoms with Gasteiger partial charge in [0.25, 0.3) is 0 Å². The highest BCUT2D eigenvalue weighted by Gasteiger charge is 2.17. The van der Waals surface area contributed by atoms with Gasteiger partial charge in [0.1, 0.15) is 6.07 Å². The lowest BCUT2D eigenvalue weighted by Gasteiger charge is -2.04. The summed E-state index contributed by atoms with van der Waals surface area (Å²) in [5.74, 6) is -0.642. The van der Waals surface area contributed by atoms with Crippen molar-refractivity contribution >= 4 is 23.3 Å². The molecule has 0 saturated carbocycles. The van der Waals surface area contributed by atoms with Crippen molar-refractivity contribution in [3.05, 3.63) is 40.7 Å². The first kappa shape index (κ1) is 12.9. The van der Waals surface area contributed by atoms with E-state index in [-0.39, 0.29) is 11.4 Å². The molecule has 1 heterocycles. The van der Waals surface area contributed by atoms with Gasteiger partial charge >= 0.3 is 5.97 Å². The number of rotatable bonds is 2. The van der Waals surface area contributed by atoms with E-state index in [0.717, 1.165) is 0 Å². The van der Waals surface area contributed by atoms with Crippen molar-refractivity contribution in [1.82, 2.24) is 9.78 Å². The van der Waals surface area contributed by atoms with Crippen molar-refractivity contribution in [1.29, 1.82) is 5.26 Å². The molecule has 2 N–H and O–H groups in total. The Morgan fingerprint density at radius 1 is 1.58 bits per heavy atom. The number of hydrogen-bond donors (Lipinski definition) is 1. The van der Waals surface area contributed by atoms with Gasteiger partial charge in [0.05, 0.1) is 30.2 Å². The number of ether oxygens (including phenoxy) is 1. The van der Waals surface area contributed by atoms with Crippen LogP contribution in [0.1, 0.15) is 16.1 Å². The van der Waals surface area contributed by atoms with E-state index in [1.54, 1.807) is 18.2 Å². The lowest BCUT2D eigenvalue weighted by molar-refractivity contribution is 0.0594. The maximum Gasteiger partial charge on any atom is 0.360 e. The molecule has 2 aromatic rings. The number of nitrogen functional groups attached to an aromatic ring is 1. The number of hydrogen-bond acceptors (Lipinski definition) is 5. The van der Waals surface area contributed by atoms with Crippen LogP contribution in [0.2, 0.25) is 5.02 Å². The van der Waals surface area contributed by atoms with Gasteiger partial charge in [-0.2, -0.15) is 10.4 Å². The molecule has 0 unspecified atom stereocenters. The van der Waals surface area contributed by atoms with E-state index in [1.807, 2.05) is 6.07 Å². The van der Waals surface area contributed by atoms with Crippen molar-refractivity contribution in [3.8, 4) is 11.8 Å². The lowest BCUT2D eigenvalue weighted by atomic mass is 10.2. The van der Waals surface area contributed by atoms with Crippen molar-refractivity contribution < 1.29 is 9.53 Å². The molecule has 6 nitrogen and oxygen atoms in total. The number of methoxy groups -OCH3 is 1. The summed E-state index contributed by atoms with van der Waals surface area (Å²) in [6, 6.07) is 6.74. The fourth-order valence-electron chi connectivity index (χ4n) is 1.55. The highest BCUT2D eigenvalue weighted by atomic mass is 35.5. The molecule has 0 aliphatic rings. The van der Waals surface area contributed by atoms with Crippen LogP contribution in [0.3, 0.4) is 0 Å². The predicted molar refractivity (Wildman–Crippen MR) is 69.0 cm³/mol. The molecule has 0 amide bonds. The fraction of sp³-hybridized carbons (Fsp3) is 0.0833. The SMILES string of the molecule is COC(=O)c1nn(-c2cc(Cl)ccc2C#N)cc1N. The molecule has 0 spiro atoms. The van der Waals surface area contributed by atoms with Crippen LogP contribution in [0.5, 0.6) is 0 Å². The molecule has 96 valence electrons. The second kappa shape index (κ2) is 5.00. The molecule has 0 aliphatic carbocycles. The summed E-state index contributed by atoms with van der Waals surface area (Å²) < 4.78 is 5.89. The number of nitrogens with two attached hydrogens (primary N) is 1. The Labute approximate surface area is 114 Å². The van der Waals surface area contributed by atoms with E-state index in [4.69, 9.17) is 22.6 Å². The van der Waals surface area contributed by atoms with Crippen molar-refractivity contribution in [2.45, 2.75) is 0 Å². The number of benzene rings is 1. The number of aromatic nitrogens is 2. The third-order valence-electron chi connectivity index (χ3n) is 2.45. The van der Waals surface area contributed by atoms with Gasteiger partial charge < -0.3 is 10.5 Å². The van der Waals surface area contributed by atoms with Crippen LogP contribution in [0.25, 0.3) is 5.69 Å². The Morgan fingerprint density at radius 2 is 2.32 bits per heavy atom. The van der Waals surface area contributed by atoms with Crippen molar-refractivity contribution in [3.63, 3.8) is 0 Å². The van der Waals surface area contributed by atoms with Gasteiger partial charge in [0, 0.05) is 5.02 Å². The number of anilines is 1. The van der Waals surface area contributed by atoms with Gasteiger partial charge in [-0.05, 0) is 18.2 Å². The van der Waals surface area contributed by atoms with E-state index in [2.05, 4.69) is 9.84 Å². The van der Waals surface area contributed by atoms with Crippen LogP contribution >= 0.6 is 11.6 Å². The highest BCUT2D eigenvalue weighted by molar-refractivity contribution is 6.30. The Kier molecular flexibility index (Phi) is 3.40. The summed E-state index contributed by atoms with van der Waals surface area (Å²) in [6.07, 6.45) is 1.43. The van der Waals surface area contributed by atoms with Gasteiger partial charge in [0.15, 0.2) is 5.69 Å². The van der Waals surface area contributed by atoms with Crippen molar-refractivity contribution in [2.24, 2.45) is 0 Å². The second-order valence-corrected chi connectivity index (χ2v) is 4.08. The first-order valence-electron chi connectivity index (χ1n) is 5.20. The van der Waals surface area contributed by atoms with Crippen LogP contribution in [0.4, 0.5) is 5.69 Å². The van der Waals surface area contributed by atoms with Crippen LogP contribution < -0.4 is 5.73 Å². The van der Waals surface area contributed by atoms with Gasteiger partial charge in [-0.25, -0.2) is 9.48 Å². The van der Waals surface area contributed by atoms with E-state index < -0.39 is 5.97 Å². The number of carbonyl (C=O) groups excluding carboxylic acids is 1. The number of carbonyl (C=O) groups is 1. The maximum absolute atomic E-state index is 11.4. The molecule has 0 atom stereocenters. The zero-order valence-corrected chi connectivity index (χ0v) is 10.7. The first-order chi connectivity index (χ1) is 9.06. The third kappa shape index (κ3) is 2.37. The van der Waals surface area contributed by atoms with Crippen LogP contribution in [-0.2, 0) is 4.74 Å². The zero-order chi connectivity index (χ0) is 14.0. The Balaban J connectivity index is 2.58. The van der Waals surface area contributed by atoms with E-state index in [1.165, 1.54) is 18.0 Å². The molecular weight excluding hydrogens is 268 g/mol. The summed E-state index contributed by atoms with van der Waals surface area (Å²) in [7, 11) is 1.24. The molecule has 19 heavy (non-hydrogen) atoms. The molecule has 0 saturated heterocycles. The number of nitrogens with zero attached hydrogens (tertiary/aromatic N) is 3. The first-order valence-corrected chi connectivity index (χ1v) is 5.58. The highest BCUT2D eigenvalue weighted by Crippen LogP contribution is 2.21. The van der Waals surface area contributed by atoms with Crippen LogP contribution in [0, 0.1) is 11.3 Å². The van der Waals surface area contributed by atoms with Gasteiger partial charge in [-0.1, -0.05) is 11.6 Å². The second-order valence-electron chi connectivity index (χ2n) is 3.64. The minimum atomic E-state index is -0.642. The molecule has 0 aliphatic heterocycles. The minimum Gasteiger partial charge on any atom is -0.464 e. The molecule has 0 bridgehead atoms. The molecule has 1 aromatic heterocycles. The average Bonchev–Trinajstić information content (AvgIpc) is 2.79. The fourth-order valence-corrected chi connectivity index (χ4v) is 1.72. The standard InChI is InChI=1S/C12H9ClN4O2/c1-19-12(18)11-9(15)6-17(16-11)10-4-8(13)3-2-7(10)5-14/h2-4,6H,15H2,1H3. The van der Waals surface area contributed by atoms with Gasteiger partial charge in [-0.15, -0.1) is 0 Å². The summed E-state index contributed by atoms with van der Waals surface area (Å²) >= 11 is 5.89. The minimum absolute atomic E-state index is 0.00800. The normalized spacial score (nSPS) is 9.95. The summed E-state index contributed by atoms with van der Waals surface area (Å²) in [5.41, 5.74) is 6.65. The van der Waals surface area contributed by atoms with Gasteiger partial charge in [-0.3, -0.25) is 0 Å². The Morgan fingerprint density at radius 3 is 2.95 bits per heavy atom. The Bertz CT molecular complexity index is 688.